The molecule has 148 valence electrons. The van der Waals surface area contributed by atoms with Crippen LogP contribution in [0.15, 0.2) is 53.4 Å². The highest BCUT2D eigenvalue weighted by atomic mass is 32.2. The lowest BCUT2D eigenvalue weighted by atomic mass is 9.87. The van der Waals surface area contributed by atoms with Crippen molar-refractivity contribution in [3.05, 3.63) is 59.7 Å². The number of hydrogen-bond donors (Lipinski definition) is 2. The van der Waals surface area contributed by atoms with Crippen LogP contribution in [0.1, 0.15) is 38.8 Å². The van der Waals surface area contributed by atoms with Crippen LogP contribution in [0.5, 0.6) is 5.75 Å². The molecule has 0 aliphatic heterocycles. The summed E-state index contributed by atoms with van der Waals surface area (Å²) in [5.74, 6) is 0.734. The molecule has 0 fully saturated rings. The number of rotatable bonds is 7. The summed E-state index contributed by atoms with van der Waals surface area (Å²) in [5, 5.41) is 10.6. The molecule has 0 bridgehead atoms. The molecular formula is C21H29NO4S. The van der Waals surface area contributed by atoms with E-state index in [-0.39, 0.29) is 16.9 Å². The first kappa shape index (κ1) is 21.4. The number of methoxy groups -OCH3 is 1. The van der Waals surface area contributed by atoms with Gasteiger partial charge in [-0.05, 0) is 47.7 Å². The van der Waals surface area contributed by atoms with Crippen molar-refractivity contribution in [1.82, 2.24) is 4.72 Å². The number of aliphatic hydroxyl groups is 1. The van der Waals surface area contributed by atoms with Crippen molar-refractivity contribution in [3.8, 4) is 5.75 Å². The zero-order chi connectivity index (χ0) is 20.3. The van der Waals surface area contributed by atoms with Gasteiger partial charge in [-0.1, -0.05) is 45.0 Å². The van der Waals surface area contributed by atoms with E-state index in [1.165, 1.54) is 0 Å². The number of hydrogen-bond acceptors (Lipinski definition) is 4. The Morgan fingerprint density at radius 1 is 0.963 bits per heavy atom. The predicted octanol–water partition coefficient (Wildman–Crippen LogP) is 3.26. The first-order chi connectivity index (χ1) is 12.4. The fourth-order valence-corrected chi connectivity index (χ4v) is 3.88. The molecule has 2 N–H and O–H groups in total. The maximum Gasteiger partial charge on any atom is 0.240 e. The van der Waals surface area contributed by atoms with Gasteiger partial charge in [0.1, 0.15) is 5.75 Å². The second-order valence-corrected chi connectivity index (χ2v) is 9.89. The van der Waals surface area contributed by atoms with Crippen molar-refractivity contribution in [2.24, 2.45) is 0 Å². The van der Waals surface area contributed by atoms with E-state index >= 15 is 0 Å². The fraction of sp³-hybridized carbons (Fsp3) is 0.429. The van der Waals surface area contributed by atoms with Gasteiger partial charge in [-0.15, -0.1) is 0 Å². The average Bonchev–Trinajstić information content (AvgIpc) is 2.60. The maximum atomic E-state index is 12.5. The molecule has 27 heavy (non-hydrogen) atoms. The number of ether oxygens (including phenoxy) is 1. The number of benzene rings is 2. The van der Waals surface area contributed by atoms with Crippen LogP contribution in [0.25, 0.3) is 0 Å². The topological polar surface area (TPSA) is 75.6 Å². The maximum absolute atomic E-state index is 12.5. The number of nitrogens with one attached hydrogen (secondary N) is 1. The highest BCUT2D eigenvalue weighted by Crippen LogP contribution is 2.23. The van der Waals surface area contributed by atoms with E-state index in [1.807, 2.05) is 36.4 Å². The van der Waals surface area contributed by atoms with E-state index in [0.29, 0.717) is 6.42 Å². The normalized spacial score (nSPS) is 14.6. The van der Waals surface area contributed by atoms with Crippen molar-refractivity contribution in [3.63, 3.8) is 0 Å². The molecule has 1 atom stereocenters. The van der Waals surface area contributed by atoms with E-state index in [4.69, 9.17) is 4.74 Å². The molecule has 0 aromatic heterocycles. The molecular weight excluding hydrogens is 362 g/mol. The third-order valence-electron chi connectivity index (χ3n) is 4.42. The molecule has 0 saturated carbocycles. The van der Waals surface area contributed by atoms with Crippen molar-refractivity contribution < 1.29 is 18.3 Å². The van der Waals surface area contributed by atoms with Crippen molar-refractivity contribution in [2.45, 2.75) is 50.0 Å². The van der Waals surface area contributed by atoms with Gasteiger partial charge in [0.15, 0.2) is 0 Å². The largest absolute Gasteiger partial charge is 0.497 e. The van der Waals surface area contributed by atoms with Gasteiger partial charge in [-0.25, -0.2) is 13.1 Å². The van der Waals surface area contributed by atoms with E-state index in [0.717, 1.165) is 16.9 Å². The van der Waals surface area contributed by atoms with Crippen LogP contribution in [0.3, 0.4) is 0 Å². The molecule has 0 saturated heterocycles. The van der Waals surface area contributed by atoms with Crippen LogP contribution in [0, 0.1) is 0 Å². The predicted molar refractivity (Wildman–Crippen MR) is 108 cm³/mol. The molecule has 2 rings (SSSR count). The molecule has 0 amide bonds. The Balaban J connectivity index is 2.04. The Bertz CT molecular complexity index is 849. The summed E-state index contributed by atoms with van der Waals surface area (Å²) in [5.41, 5.74) is 0.701. The minimum absolute atomic E-state index is 0.0439. The Morgan fingerprint density at radius 2 is 1.52 bits per heavy atom. The molecule has 5 nitrogen and oxygen atoms in total. The van der Waals surface area contributed by atoms with Crippen LogP contribution in [-0.4, -0.2) is 32.8 Å². The number of sulfonamides is 1. The molecule has 0 heterocycles. The monoisotopic (exact) mass is 391 g/mol. The van der Waals surface area contributed by atoms with E-state index < -0.39 is 15.6 Å². The van der Waals surface area contributed by atoms with Gasteiger partial charge >= 0.3 is 0 Å². The quantitative estimate of drug-likeness (QED) is 0.760. The molecule has 2 aromatic rings. The fourth-order valence-electron chi connectivity index (χ4n) is 2.71. The van der Waals surface area contributed by atoms with Crippen molar-refractivity contribution in [2.75, 3.05) is 13.7 Å². The summed E-state index contributed by atoms with van der Waals surface area (Å²) in [6.07, 6.45) is 0.322. The smallest absolute Gasteiger partial charge is 0.240 e. The molecule has 0 aliphatic rings. The van der Waals surface area contributed by atoms with Gasteiger partial charge in [0.05, 0.1) is 17.6 Å². The third kappa shape index (κ3) is 6.06. The van der Waals surface area contributed by atoms with Crippen molar-refractivity contribution >= 4 is 10.0 Å². The van der Waals surface area contributed by atoms with Crippen LogP contribution >= 0.6 is 0 Å². The average molecular weight is 392 g/mol. The Kier molecular flexibility index (Phi) is 6.35. The first-order valence-corrected chi connectivity index (χ1v) is 10.4. The van der Waals surface area contributed by atoms with Gasteiger partial charge in [0.2, 0.25) is 10.0 Å². The van der Waals surface area contributed by atoms with Crippen LogP contribution in [0.2, 0.25) is 0 Å². The zero-order valence-corrected chi connectivity index (χ0v) is 17.4. The lowest BCUT2D eigenvalue weighted by Crippen LogP contribution is -2.42. The minimum atomic E-state index is -3.69. The highest BCUT2D eigenvalue weighted by molar-refractivity contribution is 7.89. The molecule has 0 radical (unpaired) electrons. The molecule has 0 aliphatic carbocycles. The van der Waals surface area contributed by atoms with Crippen molar-refractivity contribution in [1.29, 1.82) is 0 Å². The summed E-state index contributed by atoms with van der Waals surface area (Å²) in [6.45, 7) is 7.76. The van der Waals surface area contributed by atoms with Crippen LogP contribution < -0.4 is 9.46 Å². The van der Waals surface area contributed by atoms with Gasteiger partial charge in [-0.2, -0.15) is 0 Å². The van der Waals surface area contributed by atoms with Gasteiger partial charge in [0, 0.05) is 13.0 Å². The van der Waals surface area contributed by atoms with Gasteiger partial charge < -0.3 is 9.84 Å². The second-order valence-electron chi connectivity index (χ2n) is 8.12. The third-order valence-corrected chi connectivity index (χ3v) is 5.83. The minimum Gasteiger partial charge on any atom is -0.497 e. The Hall–Kier alpha value is -1.89. The van der Waals surface area contributed by atoms with Crippen LogP contribution in [0.4, 0.5) is 0 Å². The SMILES string of the molecule is COc1ccc(CC(C)(O)CNS(=O)(=O)c2ccc(C(C)(C)C)cc2)cc1. The van der Waals surface area contributed by atoms with E-state index in [2.05, 4.69) is 25.5 Å². The molecule has 6 heteroatoms. The van der Waals surface area contributed by atoms with E-state index in [9.17, 15) is 13.5 Å². The standard InChI is InChI=1S/C21H29NO4S/c1-20(2,3)17-8-12-19(13-9-17)27(24,25)22-15-21(4,23)14-16-6-10-18(26-5)11-7-16/h6-13,22-23H,14-15H2,1-5H3. The van der Waals surface area contributed by atoms with Gasteiger partial charge in [0.25, 0.3) is 0 Å². The second kappa shape index (κ2) is 8.00. The lowest BCUT2D eigenvalue weighted by Gasteiger charge is -2.24. The van der Waals surface area contributed by atoms with Crippen LogP contribution in [-0.2, 0) is 21.9 Å². The summed E-state index contributed by atoms with van der Waals surface area (Å²) >= 11 is 0. The van der Waals surface area contributed by atoms with Gasteiger partial charge in [-0.3, -0.25) is 0 Å². The summed E-state index contributed by atoms with van der Waals surface area (Å²) < 4.78 is 32.7. The Labute approximate surface area is 162 Å². The summed E-state index contributed by atoms with van der Waals surface area (Å²) in [7, 11) is -2.10. The Morgan fingerprint density at radius 3 is 2.00 bits per heavy atom. The lowest BCUT2D eigenvalue weighted by molar-refractivity contribution is 0.0657. The molecule has 0 spiro atoms. The summed E-state index contributed by atoms with van der Waals surface area (Å²) in [4.78, 5) is 0.191. The first-order valence-electron chi connectivity index (χ1n) is 8.88. The van der Waals surface area contributed by atoms with E-state index in [1.54, 1.807) is 26.2 Å². The zero-order valence-electron chi connectivity index (χ0n) is 16.6. The molecule has 1 unspecified atom stereocenters. The summed E-state index contributed by atoms with van der Waals surface area (Å²) in [6, 6.07) is 14.2. The molecule has 2 aromatic carbocycles. The highest BCUT2D eigenvalue weighted by Gasteiger charge is 2.25.